The monoisotopic (exact) mass is 505 g/mol. The molecule has 9 heteroatoms. The van der Waals surface area contributed by atoms with Crippen LogP contribution >= 0.6 is 0 Å². The summed E-state index contributed by atoms with van der Waals surface area (Å²) in [5.74, 6) is -1.25. The third kappa shape index (κ3) is 6.43. The third-order valence-electron chi connectivity index (χ3n) is 5.54. The molecule has 3 amide bonds. The van der Waals surface area contributed by atoms with E-state index in [1.807, 2.05) is 6.07 Å². The highest BCUT2D eigenvalue weighted by Gasteiger charge is 2.38. The minimum Gasteiger partial charge on any atom is -0.481 e. The summed E-state index contributed by atoms with van der Waals surface area (Å²) < 4.78 is 25.1. The number of hydrogen-bond donors (Lipinski definition) is 3. The number of fused-ring (bicyclic) bond motifs is 1. The lowest BCUT2D eigenvalue weighted by atomic mass is 10.00. The van der Waals surface area contributed by atoms with Crippen LogP contribution < -0.4 is 20.7 Å². The smallest absolute Gasteiger partial charge is 0.408 e. The number of alkyl carbamates (subject to hydrolysis) is 1. The molecule has 1 aliphatic heterocycles. The van der Waals surface area contributed by atoms with Crippen molar-refractivity contribution in [1.29, 1.82) is 0 Å². The molecular weight excluding hydrogens is 477 g/mol. The summed E-state index contributed by atoms with van der Waals surface area (Å²) in [5.41, 5.74) is 0.622. The number of amides is 3. The van der Waals surface area contributed by atoms with Gasteiger partial charge in [-0.25, -0.2) is 9.18 Å². The van der Waals surface area contributed by atoms with Crippen LogP contribution in [0.2, 0.25) is 0 Å². The van der Waals surface area contributed by atoms with Crippen LogP contribution in [0.3, 0.4) is 0 Å². The van der Waals surface area contributed by atoms with Crippen LogP contribution in [0.5, 0.6) is 5.75 Å². The molecule has 0 spiro atoms. The first-order valence-electron chi connectivity index (χ1n) is 11.8. The van der Waals surface area contributed by atoms with Gasteiger partial charge in [-0.05, 0) is 56.2 Å². The van der Waals surface area contributed by atoms with Crippen LogP contribution in [-0.2, 0) is 14.3 Å². The Kier molecular flexibility index (Phi) is 7.42. The van der Waals surface area contributed by atoms with Gasteiger partial charge in [0.2, 0.25) is 5.91 Å². The van der Waals surface area contributed by atoms with E-state index < -0.39 is 47.5 Å². The first-order valence-corrected chi connectivity index (χ1v) is 11.8. The molecule has 0 fully saturated rings. The van der Waals surface area contributed by atoms with Crippen molar-refractivity contribution in [1.82, 2.24) is 10.6 Å². The van der Waals surface area contributed by atoms with Crippen molar-refractivity contribution in [2.75, 3.05) is 5.32 Å². The fourth-order valence-electron chi connectivity index (χ4n) is 3.89. The van der Waals surface area contributed by atoms with Gasteiger partial charge in [0.15, 0.2) is 6.10 Å². The number of rotatable bonds is 5. The molecule has 3 N–H and O–H groups in total. The fraction of sp³-hybridized carbons (Fsp3) is 0.250. The molecule has 1 aliphatic rings. The Morgan fingerprint density at radius 1 is 0.973 bits per heavy atom. The lowest BCUT2D eigenvalue weighted by Gasteiger charge is -2.28. The third-order valence-corrected chi connectivity index (χ3v) is 5.54. The van der Waals surface area contributed by atoms with E-state index in [9.17, 15) is 18.8 Å². The van der Waals surface area contributed by atoms with Gasteiger partial charge in [-0.2, -0.15) is 0 Å². The van der Waals surface area contributed by atoms with Gasteiger partial charge in [-0.15, -0.1) is 0 Å². The number of hydrogen-bond acceptors (Lipinski definition) is 5. The van der Waals surface area contributed by atoms with Gasteiger partial charge in [0.1, 0.15) is 29.3 Å². The zero-order valence-corrected chi connectivity index (χ0v) is 20.7. The van der Waals surface area contributed by atoms with E-state index in [1.165, 1.54) is 24.3 Å². The molecule has 0 aromatic heterocycles. The molecule has 4 rings (SSSR count). The Hall–Kier alpha value is -4.40. The van der Waals surface area contributed by atoms with E-state index in [-0.39, 0.29) is 0 Å². The van der Waals surface area contributed by atoms with E-state index in [4.69, 9.17) is 9.47 Å². The zero-order chi connectivity index (χ0) is 26.6. The first-order chi connectivity index (χ1) is 17.6. The maximum absolute atomic E-state index is 13.6. The minimum absolute atomic E-state index is 0.305. The van der Waals surface area contributed by atoms with Crippen molar-refractivity contribution in [3.05, 3.63) is 95.8 Å². The summed E-state index contributed by atoms with van der Waals surface area (Å²) in [6.07, 6.45) is -1.71. The summed E-state index contributed by atoms with van der Waals surface area (Å²) >= 11 is 0. The van der Waals surface area contributed by atoms with Gasteiger partial charge >= 0.3 is 6.09 Å². The molecule has 0 aliphatic carbocycles. The summed E-state index contributed by atoms with van der Waals surface area (Å²) in [7, 11) is 0. The number of carbonyl (C=O) groups excluding carboxylic acids is 3. The highest BCUT2D eigenvalue weighted by Crippen LogP contribution is 2.34. The number of nitrogens with one attached hydrogen (secondary N) is 3. The molecule has 3 aromatic rings. The number of carbonyl (C=O) groups is 3. The number of benzene rings is 3. The molecule has 8 nitrogen and oxygen atoms in total. The first kappa shape index (κ1) is 25.7. The molecule has 0 unspecified atom stereocenters. The predicted octanol–water partition coefficient (Wildman–Crippen LogP) is 4.65. The Morgan fingerprint density at radius 3 is 2.30 bits per heavy atom. The van der Waals surface area contributed by atoms with Crippen molar-refractivity contribution in [3.8, 4) is 5.75 Å². The second kappa shape index (κ2) is 10.7. The predicted molar refractivity (Wildman–Crippen MR) is 135 cm³/mol. The molecule has 0 radical (unpaired) electrons. The molecular formula is C28H28FN3O5. The maximum atomic E-state index is 13.6. The SMILES string of the molecule is CC(C)(C)OC(=O)N[C@H](C(=O)N[C@@H]1C(=O)Nc2ccccc2O[C@@H]1c1ccccc1)c1ccc(F)cc1. The van der Waals surface area contributed by atoms with E-state index in [0.29, 0.717) is 22.6 Å². The van der Waals surface area contributed by atoms with Gasteiger partial charge in [0.05, 0.1) is 5.69 Å². The lowest BCUT2D eigenvalue weighted by molar-refractivity contribution is -0.129. The number of para-hydroxylation sites is 2. The van der Waals surface area contributed by atoms with E-state index in [0.717, 1.165) is 0 Å². The number of ether oxygens (including phenoxy) is 2. The van der Waals surface area contributed by atoms with Crippen molar-refractivity contribution in [3.63, 3.8) is 0 Å². The Bertz CT molecular complexity index is 1270. The van der Waals surface area contributed by atoms with Crippen LogP contribution in [0, 0.1) is 5.82 Å². The van der Waals surface area contributed by atoms with Gasteiger partial charge in [0, 0.05) is 0 Å². The summed E-state index contributed by atoms with van der Waals surface area (Å²) in [6, 6.07) is 18.7. The maximum Gasteiger partial charge on any atom is 0.408 e. The topological polar surface area (TPSA) is 106 Å². The molecule has 1 heterocycles. The van der Waals surface area contributed by atoms with E-state index in [2.05, 4.69) is 16.0 Å². The number of halogens is 1. The van der Waals surface area contributed by atoms with E-state index in [1.54, 1.807) is 69.3 Å². The fourth-order valence-corrected chi connectivity index (χ4v) is 3.89. The Morgan fingerprint density at radius 2 is 1.62 bits per heavy atom. The highest BCUT2D eigenvalue weighted by atomic mass is 19.1. The van der Waals surface area contributed by atoms with Gasteiger partial charge in [-0.1, -0.05) is 54.6 Å². The minimum atomic E-state index is -1.27. The summed E-state index contributed by atoms with van der Waals surface area (Å²) in [6.45, 7) is 5.07. The highest BCUT2D eigenvalue weighted by molar-refractivity contribution is 6.00. The van der Waals surface area contributed by atoms with Gasteiger partial charge < -0.3 is 25.4 Å². The van der Waals surface area contributed by atoms with Crippen LogP contribution in [0.25, 0.3) is 0 Å². The Balaban J connectivity index is 1.66. The van der Waals surface area contributed by atoms with Crippen LogP contribution in [0.15, 0.2) is 78.9 Å². The second-order valence-corrected chi connectivity index (χ2v) is 9.55. The number of anilines is 1. The van der Waals surface area contributed by atoms with Crippen molar-refractivity contribution < 1.29 is 28.2 Å². The summed E-state index contributed by atoms with van der Waals surface area (Å²) in [5, 5.41) is 8.06. The molecule has 3 atom stereocenters. The largest absolute Gasteiger partial charge is 0.481 e. The zero-order valence-electron chi connectivity index (χ0n) is 20.7. The standard InChI is InChI=1S/C28H28FN3O5/c1-28(2,3)37-27(35)32-22(17-13-15-19(29)16-14-17)25(33)31-23-24(18-9-5-4-6-10-18)36-21-12-8-7-11-20(21)30-26(23)34/h4-16,22-24H,1-3H3,(H,30,34)(H,31,33)(H,32,35)/t22-,23-,24+/m0/s1. The Labute approximate surface area is 214 Å². The molecule has 3 aromatic carbocycles. The summed E-state index contributed by atoms with van der Waals surface area (Å²) in [4.78, 5) is 39.5. The average molecular weight is 506 g/mol. The molecule has 0 saturated carbocycles. The molecule has 37 heavy (non-hydrogen) atoms. The van der Waals surface area contributed by atoms with Crippen molar-refractivity contribution in [2.24, 2.45) is 0 Å². The van der Waals surface area contributed by atoms with Crippen molar-refractivity contribution >= 4 is 23.6 Å². The van der Waals surface area contributed by atoms with Crippen LogP contribution in [0.1, 0.15) is 44.0 Å². The molecule has 0 bridgehead atoms. The van der Waals surface area contributed by atoms with Crippen LogP contribution in [0.4, 0.5) is 14.9 Å². The lowest BCUT2D eigenvalue weighted by Crippen LogP contribution is -2.52. The molecule has 192 valence electrons. The van der Waals surface area contributed by atoms with Crippen molar-refractivity contribution in [2.45, 2.75) is 44.6 Å². The average Bonchev–Trinajstić information content (AvgIpc) is 2.99. The molecule has 0 saturated heterocycles. The van der Waals surface area contributed by atoms with Crippen LogP contribution in [-0.4, -0.2) is 29.6 Å². The van der Waals surface area contributed by atoms with Gasteiger partial charge in [0.25, 0.3) is 5.91 Å². The van der Waals surface area contributed by atoms with Gasteiger partial charge in [-0.3, -0.25) is 9.59 Å². The second-order valence-electron chi connectivity index (χ2n) is 9.55. The quantitative estimate of drug-likeness (QED) is 0.468. The van der Waals surface area contributed by atoms with E-state index >= 15 is 0 Å². The normalized spacial score (nSPS) is 17.8.